The standard InChI is InChI=1S/C26H31N3O3/c1-16-13-20(17(2)27-21-8-6-5-7-19(21)25(31)32)24-28-22(14-23(30)29(24)15-16)18-9-11-26(3,4)12-10-18/h5-8,13-15,17-18,27H,9-12H2,1-4H3,(H,31,32). The molecule has 1 aliphatic rings. The number of hydrogen-bond donors (Lipinski definition) is 2. The first-order chi connectivity index (χ1) is 15.1. The van der Waals surface area contributed by atoms with Crippen LogP contribution in [0.4, 0.5) is 5.69 Å². The number of carboxylic acid groups (broad SMARTS) is 1. The highest BCUT2D eigenvalue weighted by Crippen LogP contribution is 2.41. The van der Waals surface area contributed by atoms with Gasteiger partial charge in [-0.25, -0.2) is 9.78 Å². The molecule has 1 atom stereocenters. The molecule has 0 bridgehead atoms. The van der Waals surface area contributed by atoms with E-state index >= 15 is 0 Å². The molecule has 1 saturated carbocycles. The van der Waals surface area contributed by atoms with Gasteiger partial charge >= 0.3 is 5.97 Å². The summed E-state index contributed by atoms with van der Waals surface area (Å²) < 4.78 is 1.61. The maximum Gasteiger partial charge on any atom is 0.337 e. The van der Waals surface area contributed by atoms with Crippen LogP contribution in [0.3, 0.4) is 0 Å². The summed E-state index contributed by atoms with van der Waals surface area (Å²) in [5, 5.41) is 12.8. The molecule has 0 aliphatic heterocycles. The van der Waals surface area contributed by atoms with Crippen molar-refractivity contribution in [2.75, 3.05) is 5.32 Å². The molecule has 1 aromatic carbocycles. The predicted molar refractivity (Wildman–Crippen MR) is 127 cm³/mol. The summed E-state index contributed by atoms with van der Waals surface area (Å²) in [4.78, 5) is 29.6. The van der Waals surface area contributed by atoms with Crippen molar-refractivity contribution < 1.29 is 9.90 Å². The van der Waals surface area contributed by atoms with E-state index in [2.05, 4.69) is 19.2 Å². The molecule has 2 heterocycles. The minimum atomic E-state index is -0.980. The van der Waals surface area contributed by atoms with Crippen molar-refractivity contribution in [1.82, 2.24) is 9.38 Å². The van der Waals surface area contributed by atoms with E-state index < -0.39 is 5.97 Å². The van der Waals surface area contributed by atoms with Gasteiger partial charge in [-0.1, -0.05) is 26.0 Å². The summed E-state index contributed by atoms with van der Waals surface area (Å²) in [5.41, 5.74) is 4.36. The number of rotatable bonds is 5. The van der Waals surface area contributed by atoms with Crippen molar-refractivity contribution in [2.45, 2.75) is 65.3 Å². The van der Waals surface area contributed by atoms with E-state index in [1.165, 1.54) is 0 Å². The second-order valence-electron chi connectivity index (χ2n) is 9.84. The van der Waals surface area contributed by atoms with Crippen molar-refractivity contribution in [2.24, 2.45) is 5.41 Å². The highest BCUT2D eigenvalue weighted by atomic mass is 16.4. The normalized spacial score (nSPS) is 17.2. The van der Waals surface area contributed by atoms with Gasteiger partial charge in [0.25, 0.3) is 5.56 Å². The Morgan fingerprint density at radius 2 is 1.91 bits per heavy atom. The molecular weight excluding hydrogens is 402 g/mol. The van der Waals surface area contributed by atoms with Crippen LogP contribution in [0.1, 0.15) is 85.6 Å². The fourth-order valence-electron chi connectivity index (χ4n) is 4.72. The first-order valence-corrected chi connectivity index (χ1v) is 11.3. The Hall–Kier alpha value is -3.15. The maximum atomic E-state index is 13.0. The van der Waals surface area contributed by atoms with Crippen LogP contribution < -0.4 is 10.9 Å². The summed E-state index contributed by atoms with van der Waals surface area (Å²) in [5.74, 6) is -0.683. The molecule has 6 heteroatoms. The monoisotopic (exact) mass is 433 g/mol. The van der Waals surface area contributed by atoms with Gasteiger partial charge in [0.05, 0.1) is 17.3 Å². The Labute approximate surface area is 188 Å². The van der Waals surface area contributed by atoms with E-state index in [0.717, 1.165) is 42.5 Å². The van der Waals surface area contributed by atoms with E-state index in [4.69, 9.17) is 4.98 Å². The molecular formula is C26H31N3O3. The van der Waals surface area contributed by atoms with Gasteiger partial charge in [-0.3, -0.25) is 9.20 Å². The number of benzene rings is 1. The quantitative estimate of drug-likeness (QED) is 0.550. The van der Waals surface area contributed by atoms with Crippen molar-refractivity contribution in [1.29, 1.82) is 0 Å². The molecule has 0 amide bonds. The molecule has 3 aromatic rings. The number of pyridine rings is 1. The maximum absolute atomic E-state index is 13.0. The Morgan fingerprint density at radius 1 is 1.22 bits per heavy atom. The third-order valence-corrected chi connectivity index (χ3v) is 6.70. The summed E-state index contributed by atoms with van der Waals surface area (Å²) in [6.45, 7) is 8.52. The Bertz CT molecular complexity index is 1220. The second kappa shape index (κ2) is 8.41. The summed E-state index contributed by atoms with van der Waals surface area (Å²) in [6, 6.07) is 10.3. The molecule has 0 spiro atoms. The summed E-state index contributed by atoms with van der Waals surface area (Å²) in [6.07, 6.45) is 6.15. The largest absolute Gasteiger partial charge is 0.478 e. The van der Waals surface area contributed by atoms with Gasteiger partial charge in [-0.05, 0) is 68.7 Å². The van der Waals surface area contributed by atoms with Crippen LogP contribution in [0.15, 0.2) is 47.4 Å². The van der Waals surface area contributed by atoms with Crippen LogP contribution in [-0.4, -0.2) is 20.5 Å². The van der Waals surface area contributed by atoms with Gasteiger partial charge in [-0.15, -0.1) is 0 Å². The molecule has 2 N–H and O–H groups in total. The first-order valence-electron chi connectivity index (χ1n) is 11.3. The molecule has 1 fully saturated rings. The number of nitrogens with one attached hydrogen (secondary N) is 1. The fraction of sp³-hybridized carbons (Fsp3) is 0.423. The minimum Gasteiger partial charge on any atom is -0.478 e. The van der Waals surface area contributed by atoms with Crippen LogP contribution in [0.2, 0.25) is 0 Å². The molecule has 6 nitrogen and oxygen atoms in total. The average molecular weight is 434 g/mol. The number of nitrogens with zero attached hydrogens (tertiary/aromatic N) is 2. The van der Waals surface area contributed by atoms with E-state index in [0.29, 0.717) is 22.7 Å². The van der Waals surface area contributed by atoms with Crippen molar-refractivity contribution in [3.05, 3.63) is 75.3 Å². The lowest BCUT2D eigenvalue weighted by atomic mass is 9.72. The predicted octanol–water partition coefficient (Wildman–Crippen LogP) is 5.56. The van der Waals surface area contributed by atoms with Crippen LogP contribution >= 0.6 is 0 Å². The molecule has 4 rings (SSSR count). The average Bonchev–Trinajstić information content (AvgIpc) is 2.74. The lowest BCUT2D eigenvalue weighted by molar-refractivity contribution is 0.0698. The molecule has 2 aromatic heterocycles. The van der Waals surface area contributed by atoms with Crippen molar-refractivity contribution >= 4 is 17.3 Å². The second-order valence-corrected chi connectivity index (χ2v) is 9.84. The molecule has 0 radical (unpaired) electrons. The molecule has 0 saturated heterocycles. The minimum absolute atomic E-state index is 0.0714. The molecule has 168 valence electrons. The zero-order valence-electron chi connectivity index (χ0n) is 19.2. The number of carboxylic acids is 1. The lowest BCUT2D eigenvalue weighted by Crippen LogP contribution is -2.24. The van der Waals surface area contributed by atoms with Crippen molar-refractivity contribution in [3.8, 4) is 0 Å². The van der Waals surface area contributed by atoms with Gasteiger partial charge in [0, 0.05) is 29.4 Å². The van der Waals surface area contributed by atoms with Gasteiger partial charge < -0.3 is 10.4 Å². The summed E-state index contributed by atoms with van der Waals surface area (Å²) in [7, 11) is 0. The third-order valence-electron chi connectivity index (χ3n) is 6.70. The Morgan fingerprint density at radius 3 is 2.59 bits per heavy atom. The molecule has 32 heavy (non-hydrogen) atoms. The number of carbonyl (C=O) groups is 1. The number of anilines is 1. The van der Waals surface area contributed by atoms with Crippen LogP contribution in [0.5, 0.6) is 0 Å². The molecule has 1 unspecified atom stereocenters. The molecule has 1 aliphatic carbocycles. The van der Waals surface area contributed by atoms with E-state index in [9.17, 15) is 14.7 Å². The number of aromatic carboxylic acids is 1. The zero-order chi connectivity index (χ0) is 23.0. The number of para-hydroxylation sites is 1. The zero-order valence-corrected chi connectivity index (χ0v) is 19.2. The Kier molecular flexibility index (Phi) is 5.80. The topological polar surface area (TPSA) is 83.7 Å². The van der Waals surface area contributed by atoms with Gasteiger partial charge in [0.1, 0.15) is 5.65 Å². The summed E-state index contributed by atoms with van der Waals surface area (Å²) >= 11 is 0. The van der Waals surface area contributed by atoms with Crippen LogP contribution in [0.25, 0.3) is 5.65 Å². The van der Waals surface area contributed by atoms with Gasteiger partial charge in [-0.2, -0.15) is 0 Å². The lowest BCUT2D eigenvalue weighted by Gasteiger charge is -2.34. The smallest absolute Gasteiger partial charge is 0.337 e. The van der Waals surface area contributed by atoms with Gasteiger partial charge in [0.2, 0.25) is 0 Å². The highest BCUT2D eigenvalue weighted by Gasteiger charge is 2.29. The highest BCUT2D eigenvalue weighted by molar-refractivity contribution is 5.94. The number of aryl methyl sites for hydroxylation is 1. The number of aromatic nitrogens is 2. The van der Waals surface area contributed by atoms with Gasteiger partial charge in [0.15, 0.2) is 0 Å². The number of fused-ring (bicyclic) bond motifs is 1. The third kappa shape index (κ3) is 4.40. The van der Waals surface area contributed by atoms with E-state index in [1.54, 1.807) is 34.7 Å². The Balaban J connectivity index is 1.75. The van der Waals surface area contributed by atoms with Crippen LogP contribution in [0, 0.1) is 12.3 Å². The van der Waals surface area contributed by atoms with Crippen molar-refractivity contribution in [3.63, 3.8) is 0 Å². The van der Waals surface area contributed by atoms with Crippen LogP contribution in [-0.2, 0) is 0 Å². The first kappa shape index (κ1) is 22.1. The van der Waals surface area contributed by atoms with E-state index in [1.807, 2.05) is 26.1 Å². The SMILES string of the molecule is Cc1cc(C(C)Nc2ccccc2C(=O)O)c2nc(C3CCC(C)(C)CC3)cc(=O)n2c1. The fourth-order valence-corrected chi connectivity index (χ4v) is 4.72. The number of hydrogen-bond acceptors (Lipinski definition) is 4. The van der Waals surface area contributed by atoms with E-state index in [-0.39, 0.29) is 17.2 Å².